The van der Waals surface area contributed by atoms with Gasteiger partial charge in [-0.1, -0.05) is 24.6 Å². The number of halogens is 2. The Balaban J connectivity index is 2.12. The number of hydrogen-bond donors (Lipinski definition) is 1. The molecule has 1 aliphatic heterocycles. The van der Waals surface area contributed by atoms with Crippen molar-refractivity contribution >= 4 is 17.6 Å². The first-order chi connectivity index (χ1) is 9.52. The van der Waals surface area contributed by atoms with Gasteiger partial charge in [-0.25, -0.2) is 4.39 Å². The number of ether oxygens (including phenoxy) is 1. The van der Waals surface area contributed by atoms with Crippen LogP contribution in [0.15, 0.2) is 18.2 Å². The number of nitrogens with zero attached hydrogens (tertiary/aromatic N) is 1. The zero-order valence-corrected chi connectivity index (χ0v) is 11.9. The molecule has 0 bridgehead atoms. The molecule has 0 aromatic heterocycles. The van der Waals surface area contributed by atoms with E-state index in [0.29, 0.717) is 19.7 Å². The second-order valence-corrected chi connectivity index (χ2v) is 5.27. The number of carboxylic acids is 1. The summed E-state index contributed by atoms with van der Waals surface area (Å²) in [5.74, 6) is -1.85. The van der Waals surface area contributed by atoms with Gasteiger partial charge in [-0.3, -0.25) is 9.69 Å². The number of rotatable bonds is 5. The van der Waals surface area contributed by atoms with Crippen LogP contribution in [-0.2, 0) is 16.1 Å². The van der Waals surface area contributed by atoms with Crippen LogP contribution < -0.4 is 0 Å². The van der Waals surface area contributed by atoms with E-state index in [1.165, 1.54) is 12.1 Å². The van der Waals surface area contributed by atoms with Gasteiger partial charge < -0.3 is 9.84 Å². The van der Waals surface area contributed by atoms with E-state index in [9.17, 15) is 14.3 Å². The molecule has 110 valence electrons. The minimum Gasteiger partial charge on any atom is -0.481 e. The van der Waals surface area contributed by atoms with Crippen molar-refractivity contribution in [2.45, 2.75) is 19.5 Å². The first-order valence-corrected chi connectivity index (χ1v) is 6.89. The largest absolute Gasteiger partial charge is 0.481 e. The van der Waals surface area contributed by atoms with E-state index in [1.54, 1.807) is 6.07 Å². The first-order valence-electron chi connectivity index (χ1n) is 6.51. The Morgan fingerprint density at radius 1 is 1.55 bits per heavy atom. The summed E-state index contributed by atoms with van der Waals surface area (Å²) in [6.45, 7) is 3.71. The summed E-state index contributed by atoms with van der Waals surface area (Å²) in [6, 6.07) is 4.46. The van der Waals surface area contributed by atoms with Gasteiger partial charge in [-0.2, -0.15) is 0 Å². The van der Waals surface area contributed by atoms with E-state index in [2.05, 4.69) is 0 Å². The Bertz CT molecular complexity index is 497. The summed E-state index contributed by atoms with van der Waals surface area (Å²) < 4.78 is 18.7. The fourth-order valence-electron chi connectivity index (χ4n) is 2.47. The monoisotopic (exact) mass is 301 g/mol. The number of likely N-dealkylation sites (N-methyl/N-ethyl adjacent to an activating group) is 1. The molecule has 0 amide bonds. The maximum atomic E-state index is 13.4. The second-order valence-electron chi connectivity index (χ2n) is 4.86. The molecule has 1 aromatic rings. The molecule has 2 atom stereocenters. The van der Waals surface area contributed by atoms with Crippen molar-refractivity contribution in [3.63, 3.8) is 0 Å². The summed E-state index contributed by atoms with van der Waals surface area (Å²) in [7, 11) is 0. The molecular formula is C14H17ClFNO3. The predicted molar refractivity (Wildman–Crippen MR) is 73.2 cm³/mol. The average Bonchev–Trinajstić information content (AvgIpc) is 2.89. The van der Waals surface area contributed by atoms with Gasteiger partial charge in [0.05, 0.1) is 24.2 Å². The zero-order chi connectivity index (χ0) is 14.7. The lowest BCUT2D eigenvalue weighted by molar-refractivity contribution is -0.143. The highest BCUT2D eigenvalue weighted by Gasteiger charge is 2.37. The number of hydrogen-bond acceptors (Lipinski definition) is 3. The van der Waals surface area contributed by atoms with E-state index in [1.807, 2.05) is 11.8 Å². The van der Waals surface area contributed by atoms with E-state index in [0.717, 1.165) is 5.56 Å². The lowest BCUT2D eigenvalue weighted by Crippen LogP contribution is -2.42. The van der Waals surface area contributed by atoms with Crippen molar-refractivity contribution in [2.75, 3.05) is 19.8 Å². The molecule has 6 heteroatoms. The Kier molecular flexibility index (Phi) is 4.96. The third kappa shape index (κ3) is 3.29. The van der Waals surface area contributed by atoms with Gasteiger partial charge in [0.25, 0.3) is 0 Å². The number of aliphatic carboxylic acids is 1. The SMILES string of the molecule is CCN(Cc1ccc(Cl)c(F)c1)C1COCC1C(=O)O. The average molecular weight is 302 g/mol. The van der Waals surface area contributed by atoms with E-state index >= 15 is 0 Å². The molecule has 1 N–H and O–H groups in total. The quantitative estimate of drug-likeness (QED) is 0.907. The number of carboxylic acid groups (broad SMARTS) is 1. The van der Waals surface area contributed by atoms with Crippen molar-refractivity contribution in [1.29, 1.82) is 0 Å². The van der Waals surface area contributed by atoms with Gasteiger partial charge in [0.15, 0.2) is 0 Å². The number of benzene rings is 1. The van der Waals surface area contributed by atoms with Gasteiger partial charge in [-0.15, -0.1) is 0 Å². The molecule has 1 aliphatic rings. The summed E-state index contributed by atoms with van der Waals surface area (Å²) in [4.78, 5) is 13.2. The molecule has 4 nitrogen and oxygen atoms in total. The highest BCUT2D eigenvalue weighted by atomic mass is 35.5. The third-order valence-electron chi connectivity index (χ3n) is 3.61. The van der Waals surface area contributed by atoms with Gasteiger partial charge in [0.2, 0.25) is 0 Å². The lowest BCUT2D eigenvalue weighted by Gasteiger charge is -2.29. The van der Waals surface area contributed by atoms with Crippen molar-refractivity contribution in [1.82, 2.24) is 4.90 Å². The molecule has 0 radical (unpaired) electrons. The van der Waals surface area contributed by atoms with Crippen LogP contribution in [0.4, 0.5) is 4.39 Å². The Morgan fingerprint density at radius 2 is 2.30 bits per heavy atom. The minimum atomic E-state index is -0.853. The Hall–Kier alpha value is -1.17. The standard InChI is InChI=1S/C14H17ClFNO3/c1-2-17(13-8-20-7-10(13)14(18)19)6-9-3-4-11(15)12(16)5-9/h3-5,10,13H,2,6-8H2,1H3,(H,18,19). The maximum Gasteiger partial charge on any atom is 0.310 e. The smallest absolute Gasteiger partial charge is 0.310 e. The van der Waals surface area contributed by atoms with Crippen LogP contribution in [0.5, 0.6) is 0 Å². The third-order valence-corrected chi connectivity index (χ3v) is 3.92. The van der Waals surface area contributed by atoms with Crippen LogP contribution in [-0.4, -0.2) is 41.8 Å². The molecule has 1 aromatic carbocycles. The summed E-state index contributed by atoms with van der Waals surface area (Å²) in [5.41, 5.74) is 0.768. The molecule has 0 spiro atoms. The fraction of sp³-hybridized carbons (Fsp3) is 0.500. The molecule has 1 saturated heterocycles. The summed E-state index contributed by atoms with van der Waals surface area (Å²) in [5, 5.41) is 9.28. The van der Waals surface area contributed by atoms with E-state index in [4.69, 9.17) is 16.3 Å². The lowest BCUT2D eigenvalue weighted by atomic mass is 10.0. The van der Waals surface area contributed by atoms with Crippen molar-refractivity contribution in [3.05, 3.63) is 34.6 Å². The van der Waals surface area contributed by atoms with Crippen LogP contribution in [0, 0.1) is 11.7 Å². The normalized spacial score (nSPS) is 22.4. The van der Waals surface area contributed by atoms with Gasteiger partial charge in [-0.05, 0) is 24.2 Å². The van der Waals surface area contributed by atoms with Crippen LogP contribution in [0.25, 0.3) is 0 Å². The predicted octanol–water partition coefficient (Wildman–Crippen LogP) is 2.40. The van der Waals surface area contributed by atoms with Crippen LogP contribution in [0.1, 0.15) is 12.5 Å². The van der Waals surface area contributed by atoms with E-state index in [-0.39, 0.29) is 17.7 Å². The summed E-state index contributed by atoms with van der Waals surface area (Å²) in [6.07, 6.45) is 0. The van der Waals surface area contributed by atoms with Crippen LogP contribution in [0.2, 0.25) is 5.02 Å². The van der Waals surface area contributed by atoms with Crippen molar-refractivity contribution in [2.24, 2.45) is 5.92 Å². The van der Waals surface area contributed by atoms with Crippen LogP contribution in [0.3, 0.4) is 0 Å². The molecule has 0 aliphatic carbocycles. The second kappa shape index (κ2) is 6.52. The highest BCUT2D eigenvalue weighted by molar-refractivity contribution is 6.30. The van der Waals surface area contributed by atoms with Crippen molar-refractivity contribution < 1.29 is 19.0 Å². The zero-order valence-electron chi connectivity index (χ0n) is 11.2. The molecule has 1 heterocycles. The molecule has 20 heavy (non-hydrogen) atoms. The highest BCUT2D eigenvalue weighted by Crippen LogP contribution is 2.23. The van der Waals surface area contributed by atoms with Crippen molar-refractivity contribution in [3.8, 4) is 0 Å². The topological polar surface area (TPSA) is 49.8 Å². The molecule has 2 unspecified atom stereocenters. The molecule has 2 rings (SSSR count). The summed E-state index contributed by atoms with van der Waals surface area (Å²) >= 11 is 5.66. The molecular weight excluding hydrogens is 285 g/mol. The van der Waals surface area contributed by atoms with E-state index < -0.39 is 17.7 Å². The van der Waals surface area contributed by atoms with Gasteiger partial charge >= 0.3 is 5.97 Å². The van der Waals surface area contributed by atoms with Gasteiger partial charge in [0, 0.05) is 12.6 Å². The van der Waals surface area contributed by atoms with Crippen LogP contribution >= 0.6 is 11.6 Å². The molecule has 0 saturated carbocycles. The maximum absolute atomic E-state index is 13.4. The minimum absolute atomic E-state index is 0.0874. The first kappa shape index (κ1) is 15.2. The Morgan fingerprint density at radius 3 is 2.90 bits per heavy atom. The fourth-order valence-corrected chi connectivity index (χ4v) is 2.59. The number of carbonyl (C=O) groups is 1. The Labute approximate surface area is 122 Å². The van der Waals surface area contributed by atoms with Gasteiger partial charge in [0.1, 0.15) is 5.82 Å². The molecule has 1 fully saturated rings.